The third kappa shape index (κ3) is 4.26. The zero-order valence-electron chi connectivity index (χ0n) is 16.4. The van der Waals surface area contributed by atoms with Crippen LogP contribution in [0.25, 0.3) is 0 Å². The molecular formula is C19H31N5O2. The molecule has 0 radical (unpaired) electrons. The number of hydrogen-bond acceptors (Lipinski definition) is 4. The summed E-state index contributed by atoms with van der Waals surface area (Å²) in [6.07, 6.45) is 2.38. The first-order valence-corrected chi connectivity index (χ1v) is 9.68. The minimum Gasteiger partial charge on any atom is -0.355 e. The van der Waals surface area contributed by atoms with Gasteiger partial charge in [-0.2, -0.15) is 5.10 Å². The van der Waals surface area contributed by atoms with E-state index in [1.54, 1.807) is 0 Å². The van der Waals surface area contributed by atoms with Gasteiger partial charge in [0, 0.05) is 44.3 Å². The summed E-state index contributed by atoms with van der Waals surface area (Å²) in [6.45, 7) is 12.1. The topological polar surface area (TPSA) is 70.5 Å². The number of rotatable bonds is 5. The van der Waals surface area contributed by atoms with Crippen LogP contribution in [0.2, 0.25) is 0 Å². The van der Waals surface area contributed by atoms with Gasteiger partial charge in [-0.25, -0.2) is 0 Å². The summed E-state index contributed by atoms with van der Waals surface area (Å²) < 4.78 is 2.03. The van der Waals surface area contributed by atoms with Crippen molar-refractivity contribution in [1.82, 2.24) is 24.9 Å². The van der Waals surface area contributed by atoms with Crippen LogP contribution in [-0.4, -0.2) is 70.7 Å². The second kappa shape index (κ2) is 7.39. The van der Waals surface area contributed by atoms with Crippen molar-refractivity contribution in [2.45, 2.75) is 52.0 Å². The largest absolute Gasteiger partial charge is 0.355 e. The predicted molar refractivity (Wildman–Crippen MR) is 100 cm³/mol. The first kappa shape index (κ1) is 18.9. The molecule has 26 heavy (non-hydrogen) atoms. The summed E-state index contributed by atoms with van der Waals surface area (Å²) in [7, 11) is 0. The van der Waals surface area contributed by atoms with E-state index in [9.17, 15) is 9.59 Å². The van der Waals surface area contributed by atoms with Gasteiger partial charge in [0.05, 0.1) is 12.1 Å². The lowest BCUT2D eigenvalue weighted by Crippen LogP contribution is -2.51. The molecule has 2 amide bonds. The third-order valence-electron chi connectivity index (χ3n) is 4.99. The standard InChI is InChI=1S/C19H31N5O2/c1-5-20-17(25)13-22-8-10-23(11-9-22)18(26)15-12-16(14-6-7-14)24(21-15)19(2,3)4/h12,14H,5-11,13H2,1-4H3,(H,20,25). The van der Waals surface area contributed by atoms with Gasteiger partial charge in [0.25, 0.3) is 5.91 Å². The molecule has 3 rings (SSSR count). The van der Waals surface area contributed by atoms with Crippen LogP contribution in [0.1, 0.15) is 62.6 Å². The van der Waals surface area contributed by atoms with Crippen molar-refractivity contribution in [1.29, 1.82) is 0 Å². The molecule has 1 saturated heterocycles. The Labute approximate surface area is 155 Å². The zero-order valence-corrected chi connectivity index (χ0v) is 16.4. The first-order chi connectivity index (χ1) is 12.3. The summed E-state index contributed by atoms with van der Waals surface area (Å²) >= 11 is 0. The fourth-order valence-corrected chi connectivity index (χ4v) is 3.43. The monoisotopic (exact) mass is 361 g/mol. The van der Waals surface area contributed by atoms with Gasteiger partial charge in [0.1, 0.15) is 0 Å². The van der Waals surface area contributed by atoms with Crippen molar-refractivity contribution in [2.75, 3.05) is 39.3 Å². The molecule has 0 aromatic carbocycles. The predicted octanol–water partition coefficient (Wildman–Crippen LogP) is 1.41. The van der Waals surface area contributed by atoms with E-state index in [-0.39, 0.29) is 17.4 Å². The molecule has 0 spiro atoms. The SMILES string of the molecule is CCNC(=O)CN1CCN(C(=O)c2cc(C3CC3)n(C(C)(C)C)n2)CC1. The molecule has 144 valence electrons. The number of hydrogen-bond donors (Lipinski definition) is 1. The molecule has 2 aliphatic rings. The Morgan fingerprint density at radius 1 is 1.19 bits per heavy atom. The van der Waals surface area contributed by atoms with Crippen LogP contribution >= 0.6 is 0 Å². The van der Waals surface area contributed by atoms with Gasteiger partial charge in [0.2, 0.25) is 5.91 Å². The normalized spacial score (nSPS) is 18.8. The van der Waals surface area contributed by atoms with Crippen molar-refractivity contribution in [2.24, 2.45) is 0 Å². The number of likely N-dealkylation sites (N-methyl/N-ethyl adjacent to an activating group) is 1. The smallest absolute Gasteiger partial charge is 0.274 e. The van der Waals surface area contributed by atoms with Crippen LogP contribution in [0.15, 0.2) is 6.07 Å². The molecule has 1 aliphatic carbocycles. The summed E-state index contributed by atoms with van der Waals surface area (Å²) in [5, 5.41) is 7.48. The van der Waals surface area contributed by atoms with Crippen LogP contribution in [0.4, 0.5) is 0 Å². The van der Waals surface area contributed by atoms with E-state index in [0.29, 0.717) is 37.8 Å². The van der Waals surface area contributed by atoms with Gasteiger partial charge < -0.3 is 10.2 Å². The molecule has 0 bridgehead atoms. The fraction of sp³-hybridized carbons (Fsp3) is 0.737. The van der Waals surface area contributed by atoms with Crippen LogP contribution < -0.4 is 5.32 Å². The Morgan fingerprint density at radius 3 is 2.38 bits per heavy atom. The number of amides is 2. The van der Waals surface area contributed by atoms with Gasteiger partial charge in [-0.3, -0.25) is 19.2 Å². The maximum atomic E-state index is 12.9. The lowest BCUT2D eigenvalue weighted by Gasteiger charge is -2.33. The molecule has 1 saturated carbocycles. The summed E-state index contributed by atoms with van der Waals surface area (Å²) in [4.78, 5) is 28.6. The van der Waals surface area contributed by atoms with Crippen LogP contribution in [0.5, 0.6) is 0 Å². The molecule has 7 nitrogen and oxygen atoms in total. The van der Waals surface area contributed by atoms with Crippen LogP contribution in [-0.2, 0) is 10.3 Å². The molecule has 1 aromatic heterocycles. The lowest BCUT2D eigenvalue weighted by atomic mass is 10.1. The Hall–Kier alpha value is -1.89. The van der Waals surface area contributed by atoms with Gasteiger partial charge >= 0.3 is 0 Å². The van der Waals surface area contributed by atoms with E-state index in [0.717, 1.165) is 13.1 Å². The van der Waals surface area contributed by atoms with E-state index >= 15 is 0 Å². The summed E-state index contributed by atoms with van der Waals surface area (Å²) in [6, 6.07) is 1.99. The number of piperazine rings is 1. The number of carbonyl (C=O) groups excluding carboxylic acids is 2. The molecule has 1 aromatic rings. The molecule has 2 fully saturated rings. The second-order valence-electron chi connectivity index (χ2n) is 8.33. The second-order valence-corrected chi connectivity index (χ2v) is 8.33. The minimum atomic E-state index is -0.123. The highest BCUT2D eigenvalue weighted by Crippen LogP contribution is 2.41. The third-order valence-corrected chi connectivity index (χ3v) is 4.99. The van der Waals surface area contributed by atoms with Crippen LogP contribution in [0.3, 0.4) is 0 Å². The van der Waals surface area contributed by atoms with Crippen molar-refractivity contribution < 1.29 is 9.59 Å². The highest BCUT2D eigenvalue weighted by atomic mass is 16.2. The zero-order chi connectivity index (χ0) is 18.9. The molecule has 1 N–H and O–H groups in total. The van der Waals surface area contributed by atoms with Gasteiger partial charge in [-0.05, 0) is 46.6 Å². The molecular weight excluding hydrogens is 330 g/mol. The quantitative estimate of drug-likeness (QED) is 0.861. The molecule has 0 atom stereocenters. The average Bonchev–Trinajstić information content (AvgIpc) is 3.32. The molecule has 7 heteroatoms. The molecule has 2 heterocycles. The maximum absolute atomic E-state index is 12.9. The highest BCUT2D eigenvalue weighted by Gasteiger charge is 2.33. The Balaban J connectivity index is 1.63. The van der Waals surface area contributed by atoms with E-state index in [1.165, 1.54) is 18.5 Å². The number of aromatic nitrogens is 2. The summed E-state index contributed by atoms with van der Waals surface area (Å²) in [5.74, 6) is 0.607. The average molecular weight is 361 g/mol. The Bertz CT molecular complexity index is 664. The van der Waals surface area contributed by atoms with E-state index in [4.69, 9.17) is 0 Å². The Kier molecular flexibility index (Phi) is 5.37. The molecule has 0 unspecified atom stereocenters. The highest BCUT2D eigenvalue weighted by molar-refractivity contribution is 5.92. The van der Waals surface area contributed by atoms with Gasteiger partial charge in [0.15, 0.2) is 5.69 Å². The van der Waals surface area contributed by atoms with Crippen molar-refractivity contribution >= 4 is 11.8 Å². The lowest BCUT2D eigenvalue weighted by molar-refractivity contribution is -0.122. The van der Waals surface area contributed by atoms with E-state index < -0.39 is 0 Å². The Morgan fingerprint density at radius 2 is 1.85 bits per heavy atom. The molecule has 1 aliphatic heterocycles. The maximum Gasteiger partial charge on any atom is 0.274 e. The number of nitrogens with one attached hydrogen (secondary N) is 1. The van der Waals surface area contributed by atoms with Crippen molar-refractivity contribution in [3.05, 3.63) is 17.5 Å². The number of nitrogens with zero attached hydrogens (tertiary/aromatic N) is 4. The fourth-order valence-electron chi connectivity index (χ4n) is 3.43. The van der Waals surface area contributed by atoms with E-state index in [2.05, 4.69) is 36.1 Å². The first-order valence-electron chi connectivity index (χ1n) is 9.68. The van der Waals surface area contributed by atoms with Gasteiger partial charge in [-0.15, -0.1) is 0 Å². The van der Waals surface area contributed by atoms with E-state index in [1.807, 2.05) is 22.6 Å². The minimum absolute atomic E-state index is 0.00700. The van der Waals surface area contributed by atoms with Gasteiger partial charge in [-0.1, -0.05) is 0 Å². The number of carbonyl (C=O) groups is 2. The van der Waals surface area contributed by atoms with Crippen molar-refractivity contribution in [3.63, 3.8) is 0 Å². The van der Waals surface area contributed by atoms with Crippen LogP contribution in [0, 0.1) is 0 Å². The van der Waals surface area contributed by atoms with Crippen molar-refractivity contribution in [3.8, 4) is 0 Å². The summed E-state index contributed by atoms with van der Waals surface area (Å²) in [5.41, 5.74) is 1.62.